The Morgan fingerprint density at radius 1 is 1.29 bits per heavy atom. The summed E-state index contributed by atoms with van der Waals surface area (Å²) in [5.74, 6) is -0.184. The third-order valence-corrected chi connectivity index (χ3v) is 2.75. The molecule has 0 radical (unpaired) electrons. The lowest BCUT2D eigenvalue weighted by Crippen LogP contribution is -2.50. The van der Waals surface area contributed by atoms with Gasteiger partial charge in [-0.1, -0.05) is 0 Å². The van der Waals surface area contributed by atoms with Crippen molar-refractivity contribution in [1.29, 1.82) is 0 Å². The maximum Gasteiger partial charge on any atom is 0.292 e. The SMILES string of the molecule is CC(=O)N1CCN(C(=O)c2coc(N)n2)CC1. The third-order valence-electron chi connectivity index (χ3n) is 2.75. The molecule has 2 N–H and O–H groups in total. The van der Waals surface area contributed by atoms with E-state index in [4.69, 9.17) is 10.2 Å². The molecule has 1 aliphatic heterocycles. The highest BCUT2D eigenvalue weighted by atomic mass is 16.4. The first-order valence-corrected chi connectivity index (χ1v) is 5.33. The summed E-state index contributed by atoms with van der Waals surface area (Å²) in [6.07, 6.45) is 1.25. The number of anilines is 1. The van der Waals surface area contributed by atoms with Crippen molar-refractivity contribution in [2.24, 2.45) is 0 Å². The second kappa shape index (κ2) is 4.44. The molecule has 1 aliphatic rings. The lowest BCUT2D eigenvalue weighted by atomic mass is 10.3. The summed E-state index contributed by atoms with van der Waals surface area (Å²) in [7, 11) is 0. The van der Waals surface area contributed by atoms with Gasteiger partial charge < -0.3 is 20.0 Å². The summed E-state index contributed by atoms with van der Waals surface area (Å²) in [6, 6.07) is -0.0179. The number of nitrogen functional groups attached to an aromatic ring is 1. The summed E-state index contributed by atoms with van der Waals surface area (Å²) in [6.45, 7) is 3.63. The Hall–Kier alpha value is -2.05. The molecule has 0 aliphatic carbocycles. The van der Waals surface area contributed by atoms with Gasteiger partial charge in [0.15, 0.2) is 5.69 Å². The Kier molecular flexibility index (Phi) is 2.99. The zero-order valence-corrected chi connectivity index (χ0v) is 9.55. The van der Waals surface area contributed by atoms with Crippen molar-refractivity contribution in [3.63, 3.8) is 0 Å². The van der Waals surface area contributed by atoms with Crippen molar-refractivity contribution in [2.75, 3.05) is 31.9 Å². The van der Waals surface area contributed by atoms with E-state index in [2.05, 4.69) is 4.98 Å². The van der Waals surface area contributed by atoms with Crippen molar-refractivity contribution in [1.82, 2.24) is 14.8 Å². The first-order valence-electron chi connectivity index (χ1n) is 5.33. The molecule has 7 nitrogen and oxygen atoms in total. The molecule has 1 saturated heterocycles. The van der Waals surface area contributed by atoms with E-state index in [0.29, 0.717) is 26.2 Å². The van der Waals surface area contributed by atoms with Crippen LogP contribution >= 0.6 is 0 Å². The average molecular weight is 238 g/mol. The van der Waals surface area contributed by atoms with E-state index < -0.39 is 0 Å². The number of oxazole rings is 1. The van der Waals surface area contributed by atoms with Gasteiger partial charge in [-0.05, 0) is 0 Å². The van der Waals surface area contributed by atoms with E-state index in [1.165, 1.54) is 13.2 Å². The molecule has 0 unspecified atom stereocenters. The quantitative estimate of drug-likeness (QED) is 0.716. The number of hydrogen-bond donors (Lipinski definition) is 1. The Labute approximate surface area is 98.2 Å². The van der Waals surface area contributed by atoms with E-state index in [9.17, 15) is 9.59 Å². The average Bonchev–Trinajstić information content (AvgIpc) is 2.75. The van der Waals surface area contributed by atoms with Gasteiger partial charge in [-0.25, -0.2) is 0 Å². The summed E-state index contributed by atoms with van der Waals surface area (Å²) in [5.41, 5.74) is 5.51. The minimum Gasteiger partial charge on any atom is -0.431 e. The zero-order chi connectivity index (χ0) is 12.4. The Morgan fingerprint density at radius 3 is 2.35 bits per heavy atom. The first kappa shape index (κ1) is 11.4. The second-order valence-electron chi connectivity index (χ2n) is 3.87. The Balaban J connectivity index is 1.97. The highest BCUT2D eigenvalue weighted by molar-refractivity contribution is 5.92. The van der Waals surface area contributed by atoms with Crippen LogP contribution in [0, 0.1) is 0 Å². The smallest absolute Gasteiger partial charge is 0.292 e. The maximum atomic E-state index is 11.9. The molecule has 1 aromatic heterocycles. The van der Waals surface area contributed by atoms with Crippen molar-refractivity contribution in [3.05, 3.63) is 12.0 Å². The largest absolute Gasteiger partial charge is 0.431 e. The van der Waals surface area contributed by atoms with E-state index >= 15 is 0 Å². The number of nitrogens with two attached hydrogens (primary N) is 1. The number of rotatable bonds is 1. The van der Waals surface area contributed by atoms with E-state index in [1.54, 1.807) is 9.80 Å². The van der Waals surface area contributed by atoms with E-state index in [0.717, 1.165) is 0 Å². The van der Waals surface area contributed by atoms with Crippen molar-refractivity contribution in [2.45, 2.75) is 6.92 Å². The van der Waals surface area contributed by atoms with Crippen molar-refractivity contribution < 1.29 is 14.0 Å². The van der Waals surface area contributed by atoms with E-state index in [1.807, 2.05) is 0 Å². The zero-order valence-electron chi connectivity index (χ0n) is 9.55. The fraction of sp³-hybridized carbons (Fsp3) is 0.500. The Bertz CT molecular complexity index is 435. The molecule has 1 fully saturated rings. The molecule has 2 amide bonds. The first-order chi connectivity index (χ1) is 8.08. The molecule has 17 heavy (non-hydrogen) atoms. The van der Waals surface area contributed by atoms with Crippen LogP contribution in [0.2, 0.25) is 0 Å². The number of piperazine rings is 1. The third kappa shape index (κ3) is 2.38. The van der Waals surface area contributed by atoms with Gasteiger partial charge in [-0.3, -0.25) is 9.59 Å². The lowest BCUT2D eigenvalue weighted by molar-refractivity contribution is -0.130. The van der Waals surface area contributed by atoms with Crippen molar-refractivity contribution >= 4 is 17.8 Å². The minimum atomic E-state index is -0.214. The van der Waals surface area contributed by atoms with Crippen LogP contribution in [-0.2, 0) is 4.79 Å². The fourth-order valence-corrected chi connectivity index (χ4v) is 1.77. The molecule has 2 rings (SSSR count). The molecule has 0 aromatic carbocycles. The van der Waals surface area contributed by atoms with Gasteiger partial charge in [0.05, 0.1) is 0 Å². The molecule has 0 bridgehead atoms. The maximum absolute atomic E-state index is 11.9. The highest BCUT2D eigenvalue weighted by Crippen LogP contribution is 2.09. The van der Waals surface area contributed by atoms with Crippen LogP contribution in [0.1, 0.15) is 17.4 Å². The number of aromatic nitrogens is 1. The molecule has 7 heteroatoms. The van der Waals surface area contributed by atoms with Crippen LogP contribution < -0.4 is 5.73 Å². The van der Waals surface area contributed by atoms with Gasteiger partial charge in [-0.2, -0.15) is 4.98 Å². The van der Waals surface area contributed by atoms with E-state index in [-0.39, 0.29) is 23.5 Å². The van der Waals surface area contributed by atoms with Crippen LogP contribution in [-0.4, -0.2) is 52.8 Å². The van der Waals surface area contributed by atoms with Crippen LogP contribution in [0.25, 0.3) is 0 Å². The monoisotopic (exact) mass is 238 g/mol. The van der Waals surface area contributed by atoms with Gasteiger partial charge in [0.1, 0.15) is 6.26 Å². The molecule has 0 spiro atoms. The predicted octanol–water partition coefficient (Wildman–Crippen LogP) is -0.439. The molecule has 1 aromatic rings. The van der Waals surface area contributed by atoms with Crippen LogP contribution in [0.5, 0.6) is 0 Å². The number of nitrogens with zero attached hydrogens (tertiary/aromatic N) is 3. The van der Waals surface area contributed by atoms with Gasteiger partial charge in [0.25, 0.3) is 11.9 Å². The topological polar surface area (TPSA) is 92.7 Å². The fourth-order valence-electron chi connectivity index (χ4n) is 1.77. The van der Waals surface area contributed by atoms with Crippen LogP contribution in [0.3, 0.4) is 0 Å². The highest BCUT2D eigenvalue weighted by Gasteiger charge is 2.24. The summed E-state index contributed by atoms with van der Waals surface area (Å²) >= 11 is 0. The second-order valence-corrected chi connectivity index (χ2v) is 3.87. The Morgan fingerprint density at radius 2 is 1.88 bits per heavy atom. The minimum absolute atomic E-state index is 0.0179. The number of amides is 2. The normalized spacial score (nSPS) is 16.1. The molecular weight excluding hydrogens is 224 g/mol. The molecule has 0 saturated carbocycles. The lowest BCUT2D eigenvalue weighted by Gasteiger charge is -2.33. The number of carbonyl (C=O) groups excluding carboxylic acids is 2. The summed E-state index contributed by atoms with van der Waals surface area (Å²) in [4.78, 5) is 30.2. The van der Waals surface area contributed by atoms with Crippen molar-refractivity contribution in [3.8, 4) is 0 Å². The summed E-state index contributed by atoms with van der Waals surface area (Å²) < 4.78 is 4.79. The standard InChI is InChI=1S/C10H14N4O3/c1-7(15)13-2-4-14(5-3-13)9(16)8-6-17-10(11)12-8/h6H,2-5H2,1H3,(H2,11,12). The predicted molar refractivity (Wildman–Crippen MR) is 59.1 cm³/mol. The summed E-state index contributed by atoms with van der Waals surface area (Å²) in [5, 5.41) is 0. The van der Waals surface area contributed by atoms with Gasteiger partial charge in [0, 0.05) is 33.1 Å². The molecular formula is C10H14N4O3. The number of hydrogen-bond acceptors (Lipinski definition) is 5. The van der Waals surface area contributed by atoms with Crippen LogP contribution in [0.4, 0.5) is 6.01 Å². The molecule has 92 valence electrons. The van der Waals surface area contributed by atoms with Crippen LogP contribution in [0.15, 0.2) is 10.7 Å². The van der Waals surface area contributed by atoms with Gasteiger partial charge in [-0.15, -0.1) is 0 Å². The number of carbonyl (C=O) groups is 2. The molecule has 2 heterocycles. The van der Waals surface area contributed by atoms with Gasteiger partial charge >= 0.3 is 0 Å². The molecule has 0 atom stereocenters. The van der Waals surface area contributed by atoms with Gasteiger partial charge in [0.2, 0.25) is 5.91 Å².